The smallest absolute Gasteiger partial charge is 0.374 e. The van der Waals surface area contributed by atoms with Gasteiger partial charge in [0.2, 0.25) is 10.9 Å². The van der Waals surface area contributed by atoms with Crippen LogP contribution < -0.4 is 5.14 Å². The van der Waals surface area contributed by atoms with Gasteiger partial charge in [0.15, 0.2) is 0 Å². The van der Waals surface area contributed by atoms with Crippen LogP contribution in [0.25, 0.3) is 11.0 Å². The summed E-state index contributed by atoms with van der Waals surface area (Å²) >= 11 is 0. The molecular weight excluding hydrogens is 334 g/mol. The third-order valence-corrected chi connectivity index (χ3v) is 4.03. The molecule has 1 aromatic carbocycles. The van der Waals surface area contributed by atoms with Gasteiger partial charge >= 0.3 is 5.97 Å². The van der Waals surface area contributed by atoms with Crippen molar-refractivity contribution >= 4 is 27.0 Å². The summed E-state index contributed by atoms with van der Waals surface area (Å²) in [6.07, 6.45) is 0. The van der Waals surface area contributed by atoms with Crippen molar-refractivity contribution in [1.29, 1.82) is 0 Å². The Labute approximate surface area is 137 Å². The number of esters is 1. The number of aryl methyl sites for hydroxylation is 1. The van der Waals surface area contributed by atoms with Crippen molar-refractivity contribution in [3.8, 4) is 0 Å². The van der Waals surface area contributed by atoms with Crippen LogP contribution in [0.2, 0.25) is 0 Å². The number of hydrogen-bond acceptors (Lipinski definition) is 7. The number of fused-ring (bicyclic) bond motifs is 1. The van der Waals surface area contributed by atoms with Crippen molar-refractivity contribution in [2.24, 2.45) is 5.14 Å². The maximum absolute atomic E-state index is 11.9. The molecule has 9 heteroatoms. The molecule has 0 spiro atoms. The molecule has 2 N–H and O–H groups in total. The summed E-state index contributed by atoms with van der Waals surface area (Å²) in [6, 6.07) is 9.60. The second-order valence-electron chi connectivity index (χ2n) is 4.98. The van der Waals surface area contributed by atoms with Gasteiger partial charge in [-0.15, -0.1) is 0 Å². The van der Waals surface area contributed by atoms with Crippen LogP contribution in [0.1, 0.15) is 21.9 Å². The fourth-order valence-corrected chi connectivity index (χ4v) is 2.51. The number of nitrogens with two attached hydrogens (primary N) is 1. The lowest BCUT2D eigenvalue weighted by atomic mass is 10.2. The van der Waals surface area contributed by atoms with E-state index in [1.54, 1.807) is 13.0 Å². The summed E-state index contributed by atoms with van der Waals surface area (Å²) in [6.45, 7) is 1.64. The van der Waals surface area contributed by atoms with E-state index in [2.05, 4.69) is 9.97 Å². The molecule has 0 bridgehead atoms. The molecule has 0 fully saturated rings. The molecule has 0 atom stereocenters. The second kappa shape index (κ2) is 6.02. The predicted molar refractivity (Wildman–Crippen MR) is 83.5 cm³/mol. The third kappa shape index (κ3) is 3.26. The topological polar surface area (TPSA) is 125 Å². The van der Waals surface area contributed by atoms with E-state index >= 15 is 0 Å². The molecule has 3 aromatic rings. The molecule has 124 valence electrons. The summed E-state index contributed by atoms with van der Waals surface area (Å²) in [7, 11) is -4.01. The number of primary sulfonamides is 1. The summed E-state index contributed by atoms with van der Waals surface area (Å²) < 4.78 is 32.2. The zero-order valence-corrected chi connectivity index (χ0v) is 13.4. The maximum atomic E-state index is 11.9. The fourth-order valence-electron chi connectivity index (χ4n) is 2.05. The molecule has 0 aliphatic carbocycles. The Kier molecular flexibility index (Phi) is 4.04. The van der Waals surface area contributed by atoms with Crippen LogP contribution in [-0.4, -0.2) is 24.4 Å². The molecule has 2 heterocycles. The molecular formula is C15H13N3O5S. The lowest BCUT2D eigenvalue weighted by Gasteiger charge is -2.07. The molecule has 0 saturated heterocycles. The maximum Gasteiger partial charge on any atom is 0.374 e. The van der Waals surface area contributed by atoms with Crippen molar-refractivity contribution in [1.82, 2.24) is 9.97 Å². The first-order valence-corrected chi connectivity index (χ1v) is 8.41. The average molecular weight is 347 g/mol. The third-order valence-electron chi connectivity index (χ3n) is 3.25. The van der Waals surface area contributed by atoms with Crippen LogP contribution in [-0.2, 0) is 21.4 Å². The number of carbonyl (C=O) groups is 1. The quantitative estimate of drug-likeness (QED) is 0.709. The Morgan fingerprint density at radius 2 is 1.83 bits per heavy atom. The molecule has 24 heavy (non-hydrogen) atoms. The summed E-state index contributed by atoms with van der Waals surface area (Å²) in [5.74, 6) is -1.08. The highest BCUT2D eigenvalue weighted by atomic mass is 32.2. The molecule has 0 amide bonds. The first-order chi connectivity index (χ1) is 11.3. The van der Waals surface area contributed by atoms with Crippen molar-refractivity contribution in [2.45, 2.75) is 18.6 Å². The van der Waals surface area contributed by atoms with Crippen LogP contribution in [0.15, 0.2) is 45.9 Å². The van der Waals surface area contributed by atoms with Crippen LogP contribution in [0.3, 0.4) is 0 Å². The van der Waals surface area contributed by atoms with Crippen LogP contribution in [0.4, 0.5) is 0 Å². The molecule has 0 aliphatic heterocycles. The molecule has 2 aromatic heterocycles. The minimum Gasteiger partial charge on any atom is -0.453 e. The van der Waals surface area contributed by atoms with Gasteiger partial charge in [0.25, 0.3) is 10.0 Å². The van der Waals surface area contributed by atoms with E-state index < -0.39 is 21.1 Å². The number of furan rings is 1. The molecule has 0 unspecified atom stereocenters. The molecule has 0 radical (unpaired) electrons. The van der Waals surface area contributed by atoms with Crippen molar-refractivity contribution < 1.29 is 22.4 Å². The number of carbonyl (C=O) groups excluding carboxylic acids is 1. The number of para-hydroxylation sites is 2. The highest BCUT2D eigenvalue weighted by Gasteiger charge is 2.19. The van der Waals surface area contributed by atoms with E-state index in [1.807, 2.05) is 18.2 Å². The lowest BCUT2D eigenvalue weighted by molar-refractivity contribution is 0.0424. The minimum atomic E-state index is -4.01. The number of nitrogens with zero attached hydrogens (tertiary/aromatic N) is 2. The van der Waals surface area contributed by atoms with Crippen molar-refractivity contribution in [3.63, 3.8) is 0 Å². The van der Waals surface area contributed by atoms with E-state index in [1.165, 1.54) is 6.07 Å². The van der Waals surface area contributed by atoms with E-state index in [0.29, 0.717) is 16.9 Å². The minimum absolute atomic E-state index is 0.117. The number of aromatic nitrogens is 2. The van der Waals surface area contributed by atoms with Crippen molar-refractivity contribution in [2.75, 3.05) is 0 Å². The van der Waals surface area contributed by atoms with Gasteiger partial charge in [-0.25, -0.2) is 28.3 Å². The number of sulfonamides is 1. The van der Waals surface area contributed by atoms with Gasteiger partial charge in [0.05, 0.1) is 22.4 Å². The van der Waals surface area contributed by atoms with Crippen molar-refractivity contribution in [3.05, 3.63) is 53.5 Å². The SMILES string of the molecule is Cc1nc2ccccc2nc1COC(=O)c1ccc(S(N)(=O)=O)o1. The van der Waals surface area contributed by atoms with Gasteiger partial charge in [-0.2, -0.15) is 0 Å². The normalized spacial score (nSPS) is 11.6. The Morgan fingerprint density at radius 1 is 1.17 bits per heavy atom. The monoisotopic (exact) mass is 347 g/mol. The Hall–Kier alpha value is -2.78. The molecule has 8 nitrogen and oxygen atoms in total. The number of ether oxygens (including phenoxy) is 1. The van der Waals surface area contributed by atoms with Gasteiger partial charge in [0.1, 0.15) is 6.61 Å². The van der Waals surface area contributed by atoms with Crippen LogP contribution in [0.5, 0.6) is 0 Å². The zero-order valence-electron chi connectivity index (χ0n) is 12.6. The number of hydrogen-bond donors (Lipinski definition) is 1. The molecule has 3 rings (SSSR count). The average Bonchev–Trinajstić information content (AvgIpc) is 3.03. The standard InChI is InChI=1S/C15H13N3O5S/c1-9-12(18-11-5-3-2-4-10(11)17-9)8-22-15(19)13-6-7-14(23-13)24(16,20)21/h2-7H,8H2,1H3,(H2,16,20,21). The summed E-state index contributed by atoms with van der Waals surface area (Å²) in [5, 5.41) is 4.41. The molecule has 0 aliphatic rings. The first kappa shape index (κ1) is 16.1. The summed E-state index contributed by atoms with van der Waals surface area (Å²) in [5.41, 5.74) is 2.56. The van der Waals surface area contributed by atoms with E-state index in [-0.39, 0.29) is 12.4 Å². The predicted octanol–water partition coefficient (Wildman–Crippen LogP) is 1.54. The van der Waals surface area contributed by atoms with Gasteiger partial charge in [-0.1, -0.05) is 12.1 Å². The van der Waals surface area contributed by atoms with Gasteiger partial charge in [-0.05, 0) is 31.2 Å². The van der Waals surface area contributed by atoms with Gasteiger partial charge < -0.3 is 9.15 Å². The first-order valence-electron chi connectivity index (χ1n) is 6.86. The van der Waals surface area contributed by atoms with Gasteiger partial charge in [-0.3, -0.25) is 0 Å². The highest BCUT2D eigenvalue weighted by molar-refractivity contribution is 7.89. The largest absolute Gasteiger partial charge is 0.453 e. The lowest BCUT2D eigenvalue weighted by Crippen LogP contribution is -2.11. The number of benzene rings is 1. The van der Waals surface area contributed by atoms with Crippen LogP contribution >= 0.6 is 0 Å². The Bertz CT molecular complexity index is 1030. The van der Waals surface area contributed by atoms with E-state index in [4.69, 9.17) is 14.3 Å². The molecule has 0 saturated carbocycles. The van der Waals surface area contributed by atoms with Crippen LogP contribution in [0, 0.1) is 6.92 Å². The number of rotatable bonds is 4. The fraction of sp³-hybridized carbons (Fsp3) is 0.133. The highest BCUT2D eigenvalue weighted by Crippen LogP contribution is 2.16. The Morgan fingerprint density at radius 3 is 2.46 bits per heavy atom. The summed E-state index contributed by atoms with van der Waals surface area (Å²) in [4.78, 5) is 20.7. The second-order valence-corrected chi connectivity index (χ2v) is 6.48. The Balaban J connectivity index is 1.77. The van der Waals surface area contributed by atoms with E-state index in [9.17, 15) is 13.2 Å². The zero-order chi connectivity index (χ0) is 17.3. The van der Waals surface area contributed by atoms with E-state index in [0.717, 1.165) is 11.6 Å². The van der Waals surface area contributed by atoms with Gasteiger partial charge in [0, 0.05) is 0 Å².